The van der Waals surface area contributed by atoms with Crippen LogP contribution in [0.5, 0.6) is 0 Å². The largest absolute Gasteiger partial charge is 0.471 e. The van der Waals surface area contributed by atoms with Gasteiger partial charge in [-0.2, -0.15) is 31.3 Å². The predicted molar refractivity (Wildman–Crippen MR) is 88.6 cm³/mol. The molecule has 0 N–H and O–H groups in total. The molecule has 0 saturated carbocycles. The lowest BCUT2D eigenvalue weighted by Crippen LogP contribution is -2.15. The number of nitrogens with zero attached hydrogens (tertiary/aromatic N) is 4. The van der Waals surface area contributed by atoms with E-state index in [0.717, 1.165) is 4.57 Å². The van der Waals surface area contributed by atoms with Crippen molar-refractivity contribution in [3.63, 3.8) is 0 Å². The molecule has 150 valence electrons. The molecule has 2 heterocycles. The standard InChI is InChI=1S/C18H10F6N4O/c19-17(20,21)15-25-12-3-1-2-4-13(12)28(15)9-10-5-7-11(8-6-10)14-26-16(29-27-14)18(22,23)24/h1-8H,9H2. The molecule has 11 heteroatoms. The first kappa shape index (κ1) is 19.0. The Labute approximate surface area is 158 Å². The number of aromatic nitrogens is 4. The van der Waals surface area contributed by atoms with E-state index in [1.807, 2.05) is 0 Å². The monoisotopic (exact) mass is 412 g/mol. The van der Waals surface area contributed by atoms with Crippen LogP contribution in [0.3, 0.4) is 0 Å². The van der Waals surface area contributed by atoms with Crippen LogP contribution in [0.2, 0.25) is 0 Å². The predicted octanol–water partition coefficient (Wildman–Crippen LogP) is 5.17. The van der Waals surface area contributed by atoms with Crippen LogP contribution in [0.15, 0.2) is 53.1 Å². The van der Waals surface area contributed by atoms with E-state index < -0.39 is 24.1 Å². The first-order valence-electron chi connectivity index (χ1n) is 8.15. The van der Waals surface area contributed by atoms with Crippen molar-refractivity contribution < 1.29 is 30.9 Å². The van der Waals surface area contributed by atoms with Crippen LogP contribution in [0.1, 0.15) is 17.3 Å². The Bertz CT molecular complexity index is 1160. The van der Waals surface area contributed by atoms with E-state index in [4.69, 9.17) is 0 Å². The summed E-state index contributed by atoms with van der Waals surface area (Å²) in [4.78, 5) is 6.95. The highest BCUT2D eigenvalue weighted by Gasteiger charge is 2.39. The summed E-state index contributed by atoms with van der Waals surface area (Å²) < 4.78 is 83.0. The van der Waals surface area contributed by atoms with Gasteiger partial charge in [-0.1, -0.05) is 41.6 Å². The van der Waals surface area contributed by atoms with Gasteiger partial charge in [-0.15, -0.1) is 0 Å². The van der Waals surface area contributed by atoms with Gasteiger partial charge in [-0.3, -0.25) is 0 Å². The van der Waals surface area contributed by atoms with Crippen LogP contribution in [0.4, 0.5) is 26.3 Å². The van der Waals surface area contributed by atoms with Crippen molar-refractivity contribution in [2.24, 2.45) is 0 Å². The van der Waals surface area contributed by atoms with Gasteiger partial charge in [0.1, 0.15) is 0 Å². The molecule has 4 aromatic rings. The van der Waals surface area contributed by atoms with Crippen LogP contribution in [0.25, 0.3) is 22.4 Å². The maximum atomic E-state index is 13.4. The molecule has 0 aliphatic heterocycles. The Morgan fingerprint density at radius 2 is 1.52 bits per heavy atom. The van der Waals surface area contributed by atoms with Crippen LogP contribution in [0, 0.1) is 0 Å². The summed E-state index contributed by atoms with van der Waals surface area (Å²) >= 11 is 0. The second-order valence-electron chi connectivity index (χ2n) is 6.13. The minimum Gasteiger partial charge on any atom is -0.329 e. The van der Waals surface area contributed by atoms with E-state index in [9.17, 15) is 26.3 Å². The molecule has 0 aliphatic rings. The van der Waals surface area contributed by atoms with Gasteiger partial charge in [0, 0.05) is 12.1 Å². The van der Waals surface area contributed by atoms with Crippen LogP contribution < -0.4 is 0 Å². The van der Waals surface area contributed by atoms with Crippen molar-refractivity contribution in [2.45, 2.75) is 18.9 Å². The highest BCUT2D eigenvalue weighted by atomic mass is 19.4. The van der Waals surface area contributed by atoms with Crippen molar-refractivity contribution >= 4 is 11.0 Å². The maximum absolute atomic E-state index is 13.4. The summed E-state index contributed by atoms with van der Waals surface area (Å²) in [6, 6.07) is 12.0. The highest BCUT2D eigenvalue weighted by Crippen LogP contribution is 2.32. The van der Waals surface area contributed by atoms with E-state index in [2.05, 4.69) is 19.6 Å². The molecule has 0 fully saturated rings. The van der Waals surface area contributed by atoms with Gasteiger partial charge in [0.2, 0.25) is 11.6 Å². The van der Waals surface area contributed by atoms with E-state index >= 15 is 0 Å². The molecule has 2 aromatic heterocycles. The SMILES string of the molecule is FC(F)(F)c1nc(-c2ccc(Cn3c(C(F)(F)F)nc4ccccc43)cc2)no1. The summed E-state index contributed by atoms with van der Waals surface area (Å²) in [6.07, 6.45) is -9.40. The molecule has 0 spiro atoms. The Morgan fingerprint density at radius 1 is 0.828 bits per heavy atom. The Hall–Kier alpha value is -3.37. The number of hydrogen-bond acceptors (Lipinski definition) is 4. The first-order chi connectivity index (χ1) is 13.6. The fourth-order valence-corrected chi connectivity index (χ4v) is 2.85. The fourth-order valence-electron chi connectivity index (χ4n) is 2.85. The van der Waals surface area contributed by atoms with Crippen molar-refractivity contribution in [3.8, 4) is 11.4 Å². The molecule has 4 rings (SSSR count). The van der Waals surface area contributed by atoms with E-state index in [0.29, 0.717) is 11.1 Å². The van der Waals surface area contributed by atoms with Gasteiger partial charge in [-0.25, -0.2) is 4.98 Å². The summed E-state index contributed by atoms with van der Waals surface area (Å²) in [6.45, 7) is -0.129. The molecule has 2 aromatic carbocycles. The Balaban J connectivity index is 1.65. The smallest absolute Gasteiger partial charge is 0.329 e. The van der Waals surface area contributed by atoms with Gasteiger partial charge < -0.3 is 9.09 Å². The number of imidazole rings is 1. The molecule has 29 heavy (non-hydrogen) atoms. The van der Waals surface area contributed by atoms with Gasteiger partial charge in [0.25, 0.3) is 0 Å². The molecule has 5 nitrogen and oxygen atoms in total. The van der Waals surface area contributed by atoms with Crippen molar-refractivity contribution in [1.29, 1.82) is 0 Å². The molecular weight excluding hydrogens is 402 g/mol. The average molecular weight is 412 g/mol. The van der Waals surface area contributed by atoms with Crippen molar-refractivity contribution in [3.05, 3.63) is 65.8 Å². The number of hydrogen-bond donors (Lipinski definition) is 0. The molecule has 0 unspecified atom stereocenters. The zero-order valence-electron chi connectivity index (χ0n) is 14.3. The maximum Gasteiger partial charge on any atom is 0.471 e. The number of fused-ring (bicyclic) bond motifs is 1. The van der Waals surface area contributed by atoms with Crippen molar-refractivity contribution in [2.75, 3.05) is 0 Å². The molecule has 0 radical (unpaired) electrons. The molecule has 0 atom stereocenters. The van der Waals surface area contributed by atoms with E-state index in [-0.39, 0.29) is 23.4 Å². The molecule has 0 saturated heterocycles. The lowest BCUT2D eigenvalue weighted by Gasteiger charge is -2.11. The minimum absolute atomic E-state index is 0.129. The third kappa shape index (κ3) is 3.67. The van der Waals surface area contributed by atoms with E-state index in [1.54, 1.807) is 12.1 Å². The number of benzene rings is 2. The zero-order chi connectivity index (χ0) is 20.8. The summed E-state index contributed by atoms with van der Waals surface area (Å²) in [5.41, 5.74) is 1.25. The topological polar surface area (TPSA) is 56.7 Å². The van der Waals surface area contributed by atoms with E-state index in [1.165, 1.54) is 36.4 Å². The molecule has 0 amide bonds. The average Bonchev–Trinajstić information content (AvgIpc) is 3.28. The van der Waals surface area contributed by atoms with Gasteiger partial charge in [0.05, 0.1) is 11.0 Å². The minimum atomic E-state index is -4.76. The number of halogens is 6. The second kappa shape index (κ2) is 6.61. The highest BCUT2D eigenvalue weighted by molar-refractivity contribution is 5.76. The van der Waals surface area contributed by atoms with Gasteiger partial charge in [0.15, 0.2) is 0 Å². The Morgan fingerprint density at radius 3 is 2.14 bits per heavy atom. The van der Waals surface area contributed by atoms with Gasteiger partial charge >= 0.3 is 18.2 Å². The zero-order valence-corrected chi connectivity index (χ0v) is 14.3. The van der Waals surface area contributed by atoms with Crippen LogP contribution in [-0.2, 0) is 18.9 Å². The number of para-hydroxylation sites is 2. The molecular formula is C18H10F6N4O. The lowest BCUT2D eigenvalue weighted by atomic mass is 10.1. The summed E-state index contributed by atoms with van der Waals surface area (Å²) in [5, 5.41) is 3.28. The third-order valence-electron chi connectivity index (χ3n) is 4.13. The quantitative estimate of drug-likeness (QED) is 0.436. The molecule has 0 aliphatic carbocycles. The van der Waals surface area contributed by atoms with Crippen molar-refractivity contribution in [1.82, 2.24) is 19.7 Å². The third-order valence-corrected chi connectivity index (χ3v) is 4.13. The number of alkyl halides is 6. The summed E-state index contributed by atoms with van der Waals surface area (Å²) in [7, 11) is 0. The Kier molecular flexibility index (Phi) is 4.32. The lowest BCUT2D eigenvalue weighted by molar-refractivity contribution is -0.159. The van der Waals surface area contributed by atoms with Crippen LogP contribution >= 0.6 is 0 Å². The van der Waals surface area contributed by atoms with Gasteiger partial charge in [-0.05, 0) is 17.7 Å². The van der Waals surface area contributed by atoms with Crippen LogP contribution in [-0.4, -0.2) is 19.7 Å². The molecule has 0 bridgehead atoms. The number of rotatable bonds is 3. The first-order valence-corrected chi connectivity index (χ1v) is 8.15. The normalized spacial score (nSPS) is 12.6. The fraction of sp³-hybridized carbons (Fsp3) is 0.167. The second-order valence-corrected chi connectivity index (χ2v) is 6.13. The summed E-state index contributed by atoms with van der Waals surface area (Å²) in [5.74, 6) is -2.78.